The van der Waals surface area contributed by atoms with Crippen LogP contribution in [0.3, 0.4) is 0 Å². The molecule has 0 aromatic carbocycles. The first-order valence-electron chi connectivity index (χ1n) is 4.88. The van der Waals surface area contributed by atoms with Gasteiger partial charge in [0.1, 0.15) is 0 Å². The van der Waals surface area contributed by atoms with E-state index in [1.165, 1.54) is 25.1 Å². The fourth-order valence-electron chi connectivity index (χ4n) is 1.50. The average molecular weight is 188 g/mol. The Hall–Kier alpha value is 0.270. The molecule has 1 saturated heterocycles. The molecule has 0 spiro atoms. The van der Waals surface area contributed by atoms with E-state index in [4.69, 9.17) is 5.73 Å². The van der Waals surface area contributed by atoms with E-state index >= 15 is 0 Å². The van der Waals surface area contributed by atoms with E-state index in [0.717, 1.165) is 24.3 Å². The minimum absolute atomic E-state index is 0.734. The quantitative estimate of drug-likeness (QED) is 0.681. The highest BCUT2D eigenvalue weighted by Crippen LogP contribution is 2.18. The van der Waals surface area contributed by atoms with Gasteiger partial charge in [-0.15, -0.1) is 0 Å². The molecule has 1 aliphatic rings. The second-order valence-corrected chi connectivity index (χ2v) is 4.99. The van der Waals surface area contributed by atoms with Crippen molar-refractivity contribution in [2.24, 2.45) is 5.73 Å². The summed E-state index contributed by atoms with van der Waals surface area (Å²) in [7, 11) is 0. The van der Waals surface area contributed by atoms with Gasteiger partial charge in [0.2, 0.25) is 0 Å². The topological polar surface area (TPSA) is 38.0 Å². The van der Waals surface area contributed by atoms with E-state index in [0.29, 0.717) is 0 Å². The Bertz CT molecular complexity index is 113. The van der Waals surface area contributed by atoms with Crippen molar-refractivity contribution in [2.75, 3.05) is 18.8 Å². The van der Waals surface area contributed by atoms with Gasteiger partial charge in [-0.3, -0.25) is 0 Å². The van der Waals surface area contributed by atoms with Gasteiger partial charge >= 0.3 is 0 Å². The minimum atomic E-state index is 0.734. The zero-order valence-corrected chi connectivity index (χ0v) is 8.70. The highest BCUT2D eigenvalue weighted by atomic mass is 32.2. The Kier molecular flexibility index (Phi) is 5.04. The third-order valence-electron chi connectivity index (χ3n) is 2.32. The summed E-state index contributed by atoms with van der Waals surface area (Å²) < 4.78 is 0. The third kappa shape index (κ3) is 3.78. The third-order valence-corrected chi connectivity index (χ3v) is 3.72. The van der Waals surface area contributed by atoms with Crippen LogP contribution in [0.25, 0.3) is 0 Å². The molecule has 1 fully saturated rings. The van der Waals surface area contributed by atoms with Crippen LogP contribution in [0.5, 0.6) is 0 Å². The monoisotopic (exact) mass is 188 g/mol. The van der Waals surface area contributed by atoms with E-state index in [2.05, 4.69) is 24.0 Å². The van der Waals surface area contributed by atoms with Crippen LogP contribution in [0.15, 0.2) is 0 Å². The molecular weight excluding hydrogens is 168 g/mol. The molecule has 1 aliphatic heterocycles. The minimum Gasteiger partial charge on any atom is -0.330 e. The average Bonchev–Trinajstić information content (AvgIpc) is 2.53. The van der Waals surface area contributed by atoms with Crippen molar-refractivity contribution in [3.05, 3.63) is 0 Å². The van der Waals surface area contributed by atoms with Crippen LogP contribution in [-0.4, -0.2) is 30.1 Å². The lowest BCUT2D eigenvalue weighted by molar-refractivity contribution is 0.671. The van der Waals surface area contributed by atoms with Crippen molar-refractivity contribution in [1.82, 2.24) is 5.32 Å². The van der Waals surface area contributed by atoms with Gasteiger partial charge in [0.05, 0.1) is 0 Å². The molecule has 2 atom stereocenters. The maximum atomic E-state index is 5.48. The van der Waals surface area contributed by atoms with Crippen molar-refractivity contribution < 1.29 is 0 Å². The lowest BCUT2D eigenvalue weighted by atomic mass is 10.3. The summed E-state index contributed by atoms with van der Waals surface area (Å²) in [5.74, 6) is 1.27. The summed E-state index contributed by atoms with van der Waals surface area (Å²) in [4.78, 5) is 0. The van der Waals surface area contributed by atoms with E-state index in [1.807, 2.05) is 0 Å². The van der Waals surface area contributed by atoms with Crippen molar-refractivity contribution in [2.45, 2.75) is 37.5 Å². The highest BCUT2D eigenvalue weighted by Gasteiger charge is 2.14. The van der Waals surface area contributed by atoms with Gasteiger partial charge in [0, 0.05) is 17.0 Å². The van der Waals surface area contributed by atoms with E-state index in [1.54, 1.807) is 0 Å². The SMILES string of the molecule is CC(CCN)SCC1CCCN1. The molecule has 2 unspecified atom stereocenters. The summed E-state index contributed by atoms with van der Waals surface area (Å²) in [5.41, 5.74) is 5.48. The van der Waals surface area contributed by atoms with Crippen molar-refractivity contribution >= 4 is 11.8 Å². The fraction of sp³-hybridized carbons (Fsp3) is 1.00. The molecule has 0 amide bonds. The largest absolute Gasteiger partial charge is 0.330 e. The summed E-state index contributed by atoms with van der Waals surface area (Å²) in [6, 6.07) is 0.773. The number of thioether (sulfide) groups is 1. The van der Waals surface area contributed by atoms with Gasteiger partial charge in [0.25, 0.3) is 0 Å². The van der Waals surface area contributed by atoms with Crippen LogP contribution in [0.2, 0.25) is 0 Å². The lowest BCUT2D eigenvalue weighted by Crippen LogP contribution is -2.24. The van der Waals surface area contributed by atoms with Gasteiger partial charge in [-0.1, -0.05) is 6.92 Å². The van der Waals surface area contributed by atoms with Crippen LogP contribution in [0.4, 0.5) is 0 Å². The number of hydrogen-bond acceptors (Lipinski definition) is 3. The maximum Gasteiger partial charge on any atom is 0.0158 e. The predicted molar refractivity (Wildman–Crippen MR) is 56.6 cm³/mol. The van der Waals surface area contributed by atoms with Gasteiger partial charge in [-0.2, -0.15) is 11.8 Å². The Labute approximate surface area is 79.7 Å². The zero-order valence-electron chi connectivity index (χ0n) is 7.88. The zero-order chi connectivity index (χ0) is 8.81. The molecule has 0 bridgehead atoms. The van der Waals surface area contributed by atoms with Crippen LogP contribution in [-0.2, 0) is 0 Å². The second-order valence-electron chi connectivity index (χ2n) is 3.51. The number of hydrogen-bond donors (Lipinski definition) is 2. The smallest absolute Gasteiger partial charge is 0.0158 e. The van der Waals surface area contributed by atoms with E-state index in [-0.39, 0.29) is 0 Å². The summed E-state index contributed by atoms with van der Waals surface area (Å²) in [5, 5.41) is 4.24. The molecule has 72 valence electrons. The first-order chi connectivity index (χ1) is 5.83. The van der Waals surface area contributed by atoms with Crippen LogP contribution >= 0.6 is 11.8 Å². The van der Waals surface area contributed by atoms with Gasteiger partial charge in [-0.05, 0) is 32.4 Å². The molecule has 0 aliphatic carbocycles. The summed E-state index contributed by atoms with van der Waals surface area (Å²) in [6.07, 6.45) is 3.87. The maximum absolute atomic E-state index is 5.48. The second kappa shape index (κ2) is 5.84. The van der Waals surface area contributed by atoms with E-state index < -0.39 is 0 Å². The molecular formula is C9H20N2S. The Morgan fingerprint density at radius 3 is 3.08 bits per heavy atom. The predicted octanol–water partition coefficient (Wildman–Crippen LogP) is 1.21. The summed E-state index contributed by atoms with van der Waals surface area (Å²) in [6.45, 7) is 4.31. The normalized spacial score (nSPS) is 26.0. The van der Waals surface area contributed by atoms with Gasteiger partial charge in [0.15, 0.2) is 0 Å². The van der Waals surface area contributed by atoms with Crippen LogP contribution in [0, 0.1) is 0 Å². The number of nitrogens with two attached hydrogens (primary N) is 1. The van der Waals surface area contributed by atoms with Crippen LogP contribution < -0.4 is 11.1 Å². The van der Waals surface area contributed by atoms with Crippen molar-refractivity contribution in [3.63, 3.8) is 0 Å². The molecule has 0 saturated carbocycles. The van der Waals surface area contributed by atoms with Crippen molar-refractivity contribution in [1.29, 1.82) is 0 Å². The van der Waals surface area contributed by atoms with Gasteiger partial charge in [-0.25, -0.2) is 0 Å². The first-order valence-corrected chi connectivity index (χ1v) is 5.93. The first kappa shape index (κ1) is 10.4. The number of nitrogens with one attached hydrogen (secondary N) is 1. The van der Waals surface area contributed by atoms with Crippen molar-refractivity contribution in [3.8, 4) is 0 Å². The molecule has 1 rings (SSSR count). The molecule has 3 N–H and O–H groups in total. The molecule has 1 heterocycles. The highest BCUT2D eigenvalue weighted by molar-refractivity contribution is 7.99. The van der Waals surface area contributed by atoms with E-state index in [9.17, 15) is 0 Å². The molecule has 3 heteroatoms. The van der Waals surface area contributed by atoms with Crippen LogP contribution in [0.1, 0.15) is 26.2 Å². The molecule has 0 aromatic heterocycles. The molecule has 0 aromatic rings. The molecule has 0 radical (unpaired) electrons. The standard InChI is InChI=1S/C9H20N2S/c1-8(4-5-10)12-7-9-3-2-6-11-9/h8-9,11H,2-7,10H2,1H3. The molecule has 12 heavy (non-hydrogen) atoms. The Morgan fingerprint density at radius 2 is 2.50 bits per heavy atom. The molecule has 2 nitrogen and oxygen atoms in total. The number of rotatable bonds is 5. The Morgan fingerprint density at radius 1 is 1.67 bits per heavy atom. The fourth-order valence-corrected chi connectivity index (χ4v) is 2.65. The summed E-state index contributed by atoms with van der Waals surface area (Å²) >= 11 is 2.06. The van der Waals surface area contributed by atoms with Gasteiger partial charge < -0.3 is 11.1 Å². The lowest BCUT2D eigenvalue weighted by Gasteiger charge is -2.13. The Balaban J connectivity index is 1.99.